The normalized spacial score (nSPS) is 25.4. The van der Waals surface area contributed by atoms with Crippen molar-refractivity contribution in [3.8, 4) is 0 Å². The summed E-state index contributed by atoms with van der Waals surface area (Å²) >= 11 is 0. The first kappa shape index (κ1) is 9.33. The van der Waals surface area contributed by atoms with Crippen molar-refractivity contribution >= 4 is 0 Å². The van der Waals surface area contributed by atoms with Crippen LogP contribution in [0.5, 0.6) is 0 Å². The smallest absolute Gasteiger partial charge is 0.139 e. The van der Waals surface area contributed by atoms with Crippen molar-refractivity contribution in [1.29, 1.82) is 0 Å². The fourth-order valence-electron chi connectivity index (χ4n) is 2.50. The monoisotopic (exact) mass is 206 g/mol. The van der Waals surface area contributed by atoms with Crippen molar-refractivity contribution in [2.75, 3.05) is 13.1 Å². The quantitative estimate of drug-likeness (QED) is 0.792. The molecule has 0 radical (unpaired) electrons. The van der Waals surface area contributed by atoms with Gasteiger partial charge < -0.3 is 9.88 Å². The predicted molar refractivity (Wildman–Crippen MR) is 57.7 cm³/mol. The summed E-state index contributed by atoms with van der Waals surface area (Å²) in [6.07, 6.45) is 6.88. The second-order valence-corrected chi connectivity index (χ2v) is 5.10. The molecule has 82 valence electrons. The van der Waals surface area contributed by atoms with Crippen LogP contribution >= 0.6 is 0 Å². The Morgan fingerprint density at radius 2 is 2.13 bits per heavy atom. The average molecular weight is 206 g/mol. The molecular weight excluding hydrogens is 188 g/mol. The number of hydrogen-bond acceptors (Lipinski definition) is 3. The third-order valence-electron chi connectivity index (χ3n) is 3.76. The molecule has 0 bridgehead atoms. The van der Waals surface area contributed by atoms with Crippen LogP contribution in [0.4, 0.5) is 0 Å². The van der Waals surface area contributed by atoms with Crippen LogP contribution in [0.2, 0.25) is 0 Å². The van der Waals surface area contributed by atoms with Crippen molar-refractivity contribution in [3.05, 3.63) is 12.2 Å². The Morgan fingerprint density at radius 1 is 1.40 bits per heavy atom. The van der Waals surface area contributed by atoms with Gasteiger partial charge in [-0.3, -0.25) is 0 Å². The zero-order chi connectivity index (χ0) is 10.3. The lowest BCUT2D eigenvalue weighted by molar-refractivity contribution is 0.307. The fraction of sp³-hybridized carbons (Fsp3) is 0.818. The van der Waals surface area contributed by atoms with E-state index in [1.807, 2.05) is 6.33 Å². The van der Waals surface area contributed by atoms with Gasteiger partial charge >= 0.3 is 0 Å². The topological polar surface area (TPSA) is 42.7 Å². The molecule has 1 aliphatic heterocycles. The van der Waals surface area contributed by atoms with Crippen molar-refractivity contribution < 1.29 is 0 Å². The first-order chi connectivity index (χ1) is 7.30. The fourth-order valence-corrected chi connectivity index (χ4v) is 2.50. The summed E-state index contributed by atoms with van der Waals surface area (Å²) in [5.74, 6) is 1.21. The van der Waals surface area contributed by atoms with Gasteiger partial charge in [0.25, 0.3) is 0 Å². The Hall–Kier alpha value is -0.900. The molecule has 1 saturated carbocycles. The first-order valence-corrected chi connectivity index (χ1v) is 5.90. The number of nitrogens with one attached hydrogen (secondary N) is 1. The molecule has 3 rings (SSSR count). The van der Waals surface area contributed by atoms with Gasteiger partial charge in [-0.25, -0.2) is 0 Å². The van der Waals surface area contributed by atoms with Crippen molar-refractivity contribution in [2.24, 2.45) is 0 Å². The summed E-state index contributed by atoms with van der Waals surface area (Å²) in [5.41, 5.74) is 0.240. The standard InChI is InChI=1S/C11H18N4/c1-11(4-6-12-7-5-11)10-14-13-8-15(10)9-2-3-9/h8-9,12H,2-7H2,1H3. The minimum absolute atomic E-state index is 0.240. The van der Waals surface area contributed by atoms with Crippen molar-refractivity contribution in [1.82, 2.24) is 20.1 Å². The van der Waals surface area contributed by atoms with Crippen LogP contribution < -0.4 is 5.32 Å². The molecule has 0 aromatic carbocycles. The molecule has 2 aliphatic rings. The maximum absolute atomic E-state index is 4.36. The van der Waals surface area contributed by atoms with Crippen molar-refractivity contribution in [2.45, 2.75) is 44.1 Å². The van der Waals surface area contributed by atoms with Gasteiger partial charge in [-0.1, -0.05) is 6.92 Å². The van der Waals surface area contributed by atoms with E-state index in [0.717, 1.165) is 13.1 Å². The zero-order valence-corrected chi connectivity index (χ0v) is 9.24. The largest absolute Gasteiger partial charge is 0.317 e. The molecule has 1 aromatic heterocycles. The first-order valence-electron chi connectivity index (χ1n) is 5.90. The van der Waals surface area contributed by atoms with E-state index in [2.05, 4.69) is 27.0 Å². The maximum Gasteiger partial charge on any atom is 0.139 e. The van der Waals surface area contributed by atoms with Crippen LogP contribution in [0, 0.1) is 0 Å². The van der Waals surface area contributed by atoms with Gasteiger partial charge in [0.15, 0.2) is 0 Å². The summed E-state index contributed by atoms with van der Waals surface area (Å²) in [5, 5.41) is 11.9. The van der Waals surface area contributed by atoms with Gasteiger partial charge in [-0.15, -0.1) is 10.2 Å². The van der Waals surface area contributed by atoms with Crippen LogP contribution in [-0.4, -0.2) is 27.9 Å². The molecule has 1 saturated heterocycles. The van der Waals surface area contributed by atoms with E-state index < -0.39 is 0 Å². The maximum atomic E-state index is 4.36. The van der Waals surface area contributed by atoms with Gasteiger partial charge in [0.1, 0.15) is 12.2 Å². The second kappa shape index (κ2) is 3.30. The molecule has 4 heteroatoms. The van der Waals surface area contributed by atoms with Crippen LogP contribution in [0.25, 0.3) is 0 Å². The SMILES string of the molecule is CC1(c2nncn2C2CC2)CCNCC1. The molecule has 1 aromatic rings. The van der Waals surface area contributed by atoms with Crippen LogP contribution in [0.1, 0.15) is 44.5 Å². The van der Waals surface area contributed by atoms with Crippen molar-refractivity contribution in [3.63, 3.8) is 0 Å². The lowest BCUT2D eigenvalue weighted by atomic mass is 9.80. The van der Waals surface area contributed by atoms with Crippen LogP contribution in [0.3, 0.4) is 0 Å². The highest BCUT2D eigenvalue weighted by molar-refractivity contribution is 5.10. The minimum atomic E-state index is 0.240. The van der Waals surface area contributed by atoms with Crippen LogP contribution in [0.15, 0.2) is 6.33 Å². The van der Waals surface area contributed by atoms with Gasteiger partial charge in [-0.05, 0) is 38.8 Å². The van der Waals surface area contributed by atoms with E-state index in [1.165, 1.54) is 31.5 Å². The minimum Gasteiger partial charge on any atom is -0.317 e. The van der Waals surface area contributed by atoms with Crippen LogP contribution in [-0.2, 0) is 5.41 Å². The average Bonchev–Trinajstić information content (AvgIpc) is 2.97. The molecule has 2 heterocycles. The number of piperidine rings is 1. The Kier molecular flexibility index (Phi) is 2.06. The summed E-state index contributed by atoms with van der Waals surface area (Å²) in [7, 11) is 0. The zero-order valence-electron chi connectivity index (χ0n) is 9.24. The molecule has 0 atom stereocenters. The van der Waals surface area contributed by atoms with E-state index >= 15 is 0 Å². The number of rotatable bonds is 2. The third-order valence-corrected chi connectivity index (χ3v) is 3.76. The summed E-state index contributed by atoms with van der Waals surface area (Å²) in [6.45, 7) is 4.54. The Bertz CT molecular complexity index is 347. The molecule has 1 aliphatic carbocycles. The summed E-state index contributed by atoms with van der Waals surface area (Å²) in [4.78, 5) is 0. The molecule has 0 unspecified atom stereocenters. The Balaban J connectivity index is 1.92. The third kappa shape index (κ3) is 1.57. The van der Waals surface area contributed by atoms with Gasteiger partial charge in [0, 0.05) is 11.5 Å². The van der Waals surface area contributed by atoms with E-state index in [1.54, 1.807) is 0 Å². The second-order valence-electron chi connectivity index (χ2n) is 5.10. The molecule has 4 nitrogen and oxygen atoms in total. The van der Waals surface area contributed by atoms with E-state index in [-0.39, 0.29) is 5.41 Å². The lowest BCUT2D eigenvalue weighted by Gasteiger charge is -2.33. The Labute approximate surface area is 90.1 Å². The molecule has 0 spiro atoms. The summed E-state index contributed by atoms with van der Waals surface area (Å²) < 4.78 is 2.31. The number of hydrogen-bond donors (Lipinski definition) is 1. The molecule has 0 amide bonds. The van der Waals surface area contributed by atoms with E-state index in [4.69, 9.17) is 0 Å². The van der Waals surface area contributed by atoms with Gasteiger partial charge in [0.2, 0.25) is 0 Å². The summed E-state index contributed by atoms with van der Waals surface area (Å²) in [6, 6.07) is 0.696. The molecule has 15 heavy (non-hydrogen) atoms. The van der Waals surface area contributed by atoms with E-state index in [0.29, 0.717) is 6.04 Å². The highest BCUT2D eigenvalue weighted by atomic mass is 15.3. The highest BCUT2D eigenvalue weighted by Gasteiger charge is 2.36. The highest BCUT2D eigenvalue weighted by Crippen LogP contribution is 2.40. The number of aromatic nitrogens is 3. The lowest BCUT2D eigenvalue weighted by Crippen LogP contribution is -2.39. The Morgan fingerprint density at radius 3 is 2.80 bits per heavy atom. The number of nitrogens with zero attached hydrogens (tertiary/aromatic N) is 3. The van der Waals surface area contributed by atoms with Gasteiger partial charge in [0.05, 0.1) is 0 Å². The van der Waals surface area contributed by atoms with Gasteiger partial charge in [-0.2, -0.15) is 0 Å². The molecule has 2 fully saturated rings. The predicted octanol–water partition coefficient (Wildman–Crippen LogP) is 1.25. The molecular formula is C11H18N4. The molecule has 1 N–H and O–H groups in total. The van der Waals surface area contributed by atoms with E-state index in [9.17, 15) is 0 Å².